The molecule has 1 aromatic carbocycles. The molecular formula is C15H16N6S. The number of hydrogen-bond acceptors (Lipinski definition) is 7. The first-order valence-corrected chi connectivity index (χ1v) is 7.63. The van der Waals surface area contributed by atoms with E-state index in [0.29, 0.717) is 12.5 Å². The van der Waals surface area contributed by atoms with Crippen LogP contribution in [0.15, 0.2) is 42.7 Å². The molecule has 2 aromatic heterocycles. The second-order valence-electron chi connectivity index (χ2n) is 4.57. The molecule has 0 radical (unpaired) electrons. The summed E-state index contributed by atoms with van der Waals surface area (Å²) in [6.07, 6.45) is 3.54. The van der Waals surface area contributed by atoms with E-state index in [-0.39, 0.29) is 0 Å². The quantitative estimate of drug-likeness (QED) is 0.671. The first kappa shape index (κ1) is 14.4. The summed E-state index contributed by atoms with van der Waals surface area (Å²) >= 11 is 1.55. The average molecular weight is 312 g/mol. The lowest BCUT2D eigenvalue weighted by Crippen LogP contribution is -2.00. The van der Waals surface area contributed by atoms with E-state index in [1.165, 1.54) is 0 Å². The van der Waals surface area contributed by atoms with Crippen molar-refractivity contribution in [3.05, 3.63) is 48.3 Å². The molecule has 112 valence electrons. The molecule has 0 spiro atoms. The van der Waals surface area contributed by atoms with Gasteiger partial charge in [-0.1, -0.05) is 23.5 Å². The fourth-order valence-corrected chi connectivity index (χ4v) is 2.71. The molecule has 0 bridgehead atoms. The average Bonchev–Trinajstić information content (AvgIpc) is 3.04. The second kappa shape index (κ2) is 6.50. The first-order valence-electron chi connectivity index (χ1n) is 6.81. The van der Waals surface area contributed by atoms with Gasteiger partial charge in [-0.25, -0.2) is 15.0 Å². The highest BCUT2D eigenvalue weighted by molar-refractivity contribution is 7.18. The molecule has 0 saturated carbocycles. The minimum atomic E-state index is 0.504. The molecule has 0 amide bonds. The highest BCUT2D eigenvalue weighted by Gasteiger charge is 2.07. The van der Waals surface area contributed by atoms with Gasteiger partial charge in [-0.15, -0.1) is 0 Å². The molecule has 0 unspecified atom stereocenters. The maximum absolute atomic E-state index is 5.66. The second-order valence-corrected chi connectivity index (χ2v) is 5.61. The van der Waals surface area contributed by atoms with Crippen molar-refractivity contribution in [2.24, 2.45) is 5.73 Å². The third kappa shape index (κ3) is 3.21. The topological polar surface area (TPSA) is 88.8 Å². The molecule has 2 heterocycles. The van der Waals surface area contributed by atoms with Gasteiger partial charge in [0.1, 0.15) is 0 Å². The van der Waals surface area contributed by atoms with Gasteiger partial charge in [0.05, 0.1) is 10.6 Å². The van der Waals surface area contributed by atoms with Crippen molar-refractivity contribution in [1.82, 2.24) is 15.0 Å². The first-order chi connectivity index (χ1) is 10.8. The Bertz CT molecular complexity index is 770. The summed E-state index contributed by atoms with van der Waals surface area (Å²) in [5.41, 5.74) is 8.47. The summed E-state index contributed by atoms with van der Waals surface area (Å²) in [4.78, 5) is 14.0. The van der Waals surface area contributed by atoms with Gasteiger partial charge in [-0.3, -0.25) is 0 Å². The molecule has 3 aromatic rings. The number of benzene rings is 1. The van der Waals surface area contributed by atoms with Crippen molar-refractivity contribution >= 4 is 28.1 Å². The molecule has 0 saturated heterocycles. The molecule has 0 aliphatic heterocycles. The van der Waals surface area contributed by atoms with Crippen LogP contribution in [0.4, 0.5) is 16.8 Å². The third-order valence-electron chi connectivity index (χ3n) is 3.05. The molecule has 7 heteroatoms. The zero-order chi connectivity index (χ0) is 15.4. The lowest BCUT2D eigenvalue weighted by atomic mass is 10.2. The minimum absolute atomic E-state index is 0.504. The number of nitrogens with zero attached hydrogens (tertiary/aromatic N) is 3. The molecule has 0 aliphatic carbocycles. The highest BCUT2D eigenvalue weighted by atomic mass is 32.1. The summed E-state index contributed by atoms with van der Waals surface area (Å²) in [6, 6.07) is 9.76. The van der Waals surface area contributed by atoms with E-state index in [1.807, 2.05) is 37.4 Å². The predicted octanol–water partition coefficient (Wildman–Crippen LogP) is 2.84. The van der Waals surface area contributed by atoms with Crippen LogP contribution in [0.2, 0.25) is 0 Å². The lowest BCUT2D eigenvalue weighted by Gasteiger charge is -2.07. The van der Waals surface area contributed by atoms with Crippen LogP contribution in [-0.4, -0.2) is 22.0 Å². The van der Waals surface area contributed by atoms with Crippen LogP contribution >= 0.6 is 11.3 Å². The Balaban J connectivity index is 1.84. The van der Waals surface area contributed by atoms with Gasteiger partial charge in [0.25, 0.3) is 0 Å². The van der Waals surface area contributed by atoms with Gasteiger partial charge in [-0.2, -0.15) is 0 Å². The number of thiazole rings is 1. The molecule has 0 fully saturated rings. The van der Waals surface area contributed by atoms with Crippen molar-refractivity contribution in [3.63, 3.8) is 0 Å². The van der Waals surface area contributed by atoms with Crippen LogP contribution in [0.3, 0.4) is 0 Å². The molecular weight excluding hydrogens is 296 g/mol. The highest BCUT2D eigenvalue weighted by Crippen LogP contribution is 2.27. The van der Waals surface area contributed by atoms with E-state index in [2.05, 4.69) is 25.6 Å². The maximum atomic E-state index is 5.66. The van der Waals surface area contributed by atoms with Gasteiger partial charge in [-0.05, 0) is 23.8 Å². The zero-order valence-corrected chi connectivity index (χ0v) is 12.9. The molecule has 3 rings (SSSR count). The van der Waals surface area contributed by atoms with Gasteiger partial charge in [0.15, 0.2) is 5.13 Å². The lowest BCUT2D eigenvalue weighted by molar-refractivity contribution is 1.07. The van der Waals surface area contributed by atoms with Gasteiger partial charge in [0.2, 0.25) is 5.95 Å². The van der Waals surface area contributed by atoms with E-state index < -0.39 is 0 Å². The van der Waals surface area contributed by atoms with Crippen LogP contribution in [0.1, 0.15) is 5.56 Å². The molecule has 4 N–H and O–H groups in total. The maximum Gasteiger partial charge on any atom is 0.227 e. The largest absolute Gasteiger partial charge is 0.365 e. The van der Waals surface area contributed by atoms with Crippen LogP contribution in [0.25, 0.3) is 10.6 Å². The Morgan fingerprint density at radius 2 is 2.14 bits per heavy atom. The number of rotatable bonds is 5. The fraction of sp³-hybridized carbons (Fsp3) is 0.133. The van der Waals surface area contributed by atoms with Crippen LogP contribution in [-0.2, 0) is 6.54 Å². The Kier molecular flexibility index (Phi) is 4.27. The van der Waals surface area contributed by atoms with Gasteiger partial charge >= 0.3 is 0 Å². The summed E-state index contributed by atoms with van der Waals surface area (Å²) in [5, 5.41) is 7.08. The minimum Gasteiger partial charge on any atom is -0.365 e. The summed E-state index contributed by atoms with van der Waals surface area (Å²) < 4.78 is 0. The van der Waals surface area contributed by atoms with Crippen molar-refractivity contribution in [1.29, 1.82) is 0 Å². The van der Waals surface area contributed by atoms with Crippen molar-refractivity contribution in [3.8, 4) is 10.6 Å². The van der Waals surface area contributed by atoms with Crippen LogP contribution in [0, 0.1) is 0 Å². The Morgan fingerprint density at radius 1 is 1.23 bits per heavy atom. The molecule has 22 heavy (non-hydrogen) atoms. The Labute approximate surface area is 132 Å². The number of aromatic nitrogens is 3. The standard InChI is InChI=1S/C15H16N6S/c1-17-15-19-9-13(22-15)12-5-6-18-14(21-12)20-11-4-2-3-10(7-11)8-16/h2-7,9H,8,16H2,1H3,(H,17,19)(H,18,20,21). The fourth-order valence-electron chi connectivity index (χ4n) is 1.97. The normalized spacial score (nSPS) is 10.5. The van der Waals surface area contributed by atoms with Crippen molar-refractivity contribution < 1.29 is 0 Å². The molecule has 6 nitrogen and oxygen atoms in total. The number of hydrogen-bond donors (Lipinski definition) is 3. The Morgan fingerprint density at radius 3 is 2.91 bits per heavy atom. The van der Waals surface area contributed by atoms with E-state index >= 15 is 0 Å². The smallest absolute Gasteiger partial charge is 0.227 e. The molecule has 0 atom stereocenters. The Hall–Kier alpha value is -2.51. The number of nitrogens with one attached hydrogen (secondary N) is 2. The summed E-state index contributed by atoms with van der Waals surface area (Å²) in [5.74, 6) is 0.547. The van der Waals surface area contributed by atoms with E-state index in [9.17, 15) is 0 Å². The van der Waals surface area contributed by atoms with E-state index in [4.69, 9.17) is 5.73 Å². The predicted molar refractivity (Wildman–Crippen MR) is 90.3 cm³/mol. The zero-order valence-electron chi connectivity index (χ0n) is 12.1. The van der Waals surface area contributed by atoms with E-state index in [1.54, 1.807) is 23.7 Å². The summed E-state index contributed by atoms with van der Waals surface area (Å²) in [7, 11) is 1.85. The third-order valence-corrected chi connectivity index (χ3v) is 4.08. The number of anilines is 3. The van der Waals surface area contributed by atoms with Crippen molar-refractivity contribution in [2.75, 3.05) is 17.7 Å². The SMILES string of the molecule is CNc1ncc(-c2ccnc(Nc3cccc(CN)c3)n2)s1. The van der Waals surface area contributed by atoms with Crippen LogP contribution < -0.4 is 16.4 Å². The summed E-state index contributed by atoms with van der Waals surface area (Å²) in [6.45, 7) is 0.504. The van der Waals surface area contributed by atoms with Crippen LogP contribution in [0.5, 0.6) is 0 Å². The monoisotopic (exact) mass is 312 g/mol. The van der Waals surface area contributed by atoms with E-state index in [0.717, 1.165) is 27.0 Å². The molecule has 0 aliphatic rings. The van der Waals surface area contributed by atoms with Gasteiger partial charge < -0.3 is 16.4 Å². The van der Waals surface area contributed by atoms with Gasteiger partial charge in [0, 0.05) is 31.7 Å². The number of nitrogens with two attached hydrogens (primary N) is 1. The van der Waals surface area contributed by atoms with Crippen molar-refractivity contribution in [2.45, 2.75) is 6.54 Å².